The van der Waals surface area contributed by atoms with Gasteiger partial charge in [0.2, 0.25) is 0 Å². The lowest BCUT2D eigenvalue weighted by molar-refractivity contribution is -0.0000228. The van der Waals surface area contributed by atoms with Gasteiger partial charge in [-0.05, 0) is 46.0 Å². The summed E-state index contributed by atoms with van der Waals surface area (Å²) in [5, 5.41) is 0. The Kier molecular flexibility index (Phi) is 7.61. The first-order chi connectivity index (χ1) is 8.84. The van der Waals surface area contributed by atoms with E-state index in [0.29, 0.717) is 24.5 Å². The van der Waals surface area contributed by atoms with Crippen LogP contribution in [-0.4, -0.2) is 43.7 Å². The molecule has 1 aromatic carbocycles. The summed E-state index contributed by atoms with van der Waals surface area (Å²) in [6.07, 6.45) is 0. The van der Waals surface area contributed by atoms with E-state index in [1.807, 2.05) is 7.05 Å². The third-order valence-corrected chi connectivity index (χ3v) is 3.11. The van der Waals surface area contributed by atoms with Crippen molar-refractivity contribution in [1.29, 1.82) is 0 Å². The summed E-state index contributed by atoms with van der Waals surface area (Å²) >= 11 is 0. The van der Waals surface area contributed by atoms with Crippen LogP contribution in [0.4, 0.5) is 0 Å². The zero-order valence-electron chi connectivity index (χ0n) is 12.8. The predicted octanol–water partition coefficient (Wildman–Crippen LogP) is -0.414. The SMILES string of the molecule is COc1cccc(C(=O)OCCN(C)C(C)(C)C)c1.[Cl-]. The van der Waals surface area contributed by atoms with Gasteiger partial charge < -0.3 is 21.9 Å². The van der Waals surface area contributed by atoms with Crippen molar-refractivity contribution in [1.82, 2.24) is 4.90 Å². The molecule has 1 rings (SSSR count). The van der Waals surface area contributed by atoms with Crippen LogP contribution in [0.2, 0.25) is 0 Å². The van der Waals surface area contributed by atoms with E-state index in [-0.39, 0.29) is 23.9 Å². The molecule has 0 fully saturated rings. The quantitative estimate of drug-likeness (QED) is 0.693. The van der Waals surface area contributed by atoms with Crippen LogP contribution in [0.1, 0.15) is 31.1 Å². The Balaban J connectivity index is 0.00000361. The lowest BCUT2D eigenvalue weighted by atomic mass is 10.1. The van der Waals surface area contributed by atoms with Crippen LogP contribution >= 0.6 is 0 Å². The first-order valence-electron chi connectivity index (χ1n) is 6.37. The van der Waals surface area contributed by atoms with Gasteiger partial charge in [-0.1, -0.05) is 6.07 Å². The van der Waals surface area contributed by atoms with Crippen LogP contribution in [0.5, 0.6) is 5.75 Å². The monoisotopic (exact) mass is 300 g/mol. The second-order valence-electron chi connectivity index (χ2n) is 5.46. The fourth-order valence-corrected chi connectivity index (χ4v) is 1.44. The van der Waals surface area contributed by atoms with Crippen molar-refractivity contribution in [2.24, 2.45) is 0 Å². The van der Waals surface area contributed by atoms with Gasteiger partial charge in [0.15, 0.2) is 0 Å². The number of hydrogen-bond donors (Lipinski definition) is 0. The number of rotatable bonds is 5. The molecule has 1 aromatic rings. The Labute approximate surface area is 127 Å². The number of benzene rings is 1. The molecule has 0 aliphatic carbocycles. The molecule has 20 heavy (non-hydrogen) atoms. The summed E-state index contributed by atoms with van der Waals surface area (Å²) in [4.78, 5) is 14.0. The standard InChI is InChI=1S/C15H23NO3.ClH/c1-15(2,3)16(4)9-10-19-14(17)12-7-6-8-13(11-12)18-5;/h6-8,11H,9-10H2,1-5H3;1H/p-1. The van der Waals surface area contributed by atoms with E-state index in [2.05, 4.69) is 25.7 Å². The molecule has 0 aliphatic rings. The van der Waals surface area contributed by atoms with Crippen LogP contribution < -0.4 is 17.1 Å². The van der Waals surface area contributed by atoms with Crippen molar-refractivity contribution < 1.29 is 26.7 Å². The number of methoxy groups -OCH3 is 1. The van der Waals surface area contributed by atoms with Gasteiger partial charge in [0.05, 0.1) is 12.7 Å². The molecular formula is C15H23ClNO3-. The second-order valence-corrected chi connectivity index (χ2v) is 5.46. The number of carbonyl (C=O) groups excluding carboxylic acids is 1. The van der Waals surface area contributed by atoms with Gasteiger partial charge in [0.1, 0.15) is 12.4 Å². The number of ether oxygens (including phenoxy) is 2. The molecule has 0 atom stereocenters. The number of likely N-dealkylation sites (N-methyl/N-ethyl adjacent to an activating group) is 1. The van der Waals surface area contributed by atoms with E-state index in [1.165, 1.54) is 0 Å². The van der Waals surface area contributed by atoms with Gasteiger partial charge in [0, 0.05) is 12.1 Å². The van der Waals surface area contributed by atoms with E-state index in [9.17, 15) is 4.79 Å². The number of carbonyl (C=O) groups is 1. The lowest BCUT2D eigenvalue weighted by Crippen LogP contribution is -3.00. The van der Waals surface area contributed by atoms with Crippen LogP contribution in [0.25, 0.3) is 0 Å². The van der Waals surface area contributed by atoms with Crippen molar-refractivity contribution in [2.45, 2.75) is 26.3 Å². The highest BCUT2D eigenvalue weighted by molar-refractivity contribution is 5.89. The number of nitrogens with zero attached hydrogens (tertiary/aromatic N) is 1. The van der Waals surface area contributed by atoms with Gasteiger partial charge in [-0.3, -0.25) is 4.90 Å². The molecule has 4 nitrogen and oxygen atoms in total. The Morgan fingerprint density at radius 3 is 2.50 bits per heavy atom. The van der Waals surface area contributed by atoms with Gasteiger partial charge in [-0.2, -0.15) is 0 Å². The van der Waals surface area contributed by atoms with E-state index in [1.54, 1.807) is 31.4 Å². The Hall–Kier alpha value is -1.26. The molecule has 0 amide bonds. The van der Waals surface area contributed by atoms with Crippen molar-refractivity contribution in [3.63, 3.8) is 0 Å². The molecule has 0 N–H and O–H groups in total. The zero-order valence-corrected chi connectivity index (χ0v) is 13.5. The first kappa shape index (κ1) is 18.7. The first-order valence-corrected chi connectivity index (χ1v) is 6.37. The van der Waals surface area contributed by atoms with Crippen LogP contribution in [0.3, 0.4) is 0 Å². The summed E-state index contributed by atoms with van der Waals surface area (Å²) in [5.74, 6) is 0.336. The van der Waals surface area contributed by atoms with E-state index in [4.69, 9.17) is 9.47 Å². The van der Waals surface area contributed by atoms with E-state index < -0.39 is 0 Å². The fourth-order valence-electron chi connectivity index (χ4n) is 1.44. The largest absolute Gasteiger partial charge is 1.00 e. The zero-order chi connectivity index (χ0) is 14.5. The molecule has 0 aromatic heterocycles. The maximum Gasteiger partial charge on any atom is 0.338 e. The number of esters is 1. The normalized spacial score (nSPS) is 10.9. The molecular weight excluding hydrogens is 278 g/mol. The molecule has 0 unspecified atom stereocenters. The van der Waals surface area contributed by atoms with Crippen LogP contribution in [-0.2, 0) is 4.74 Å². The highest BCUT2D eigenvalue weighted by Gasteiger charge is 2.17. The Morgan fingerprint density at radius 1 is 1.30 bits per heavy atom. The number of halogens is 1. The van der Waals surface area contributed by atoms with Crippen molar-refractivity contribution in [2.75, 3.05) is 27.3 Å². The predicted molar refractivity (Wildman–Crippen MR) is 75.7 cm³/mol. The maximum atomic E-state index is 11.8. The van der Waals surface area contributed by atoms with E-state index in [0.717, 1.165) is 0 Å². The third kappa shape index (κ3) is 5.80. The van der Waals surface area contributed by atoms with Gasteiger partial charge in [-0.25, -0.2) is 4.79 Å². The average Bonchev–Trinajstić information content (AvgIpc) is 2.37. The lowest BCUT2D eigenvalue weighted by Gasteiger charge is -2.31. The molecule has 0 saturated carbocycles. The Bertz CT molecular complexity index is 429. The van der Waals surface area contributed by atoms with E-state index >= 15 is 0 Å². The topological polar surface area (TPSA) is 38.8 Å². The Morgan fingerprint density at radius 2 is 1.95 bits per heavy atom. The minimum atomic E-state index is -0.318. The molecule has 0 saturated heterocycles. The molecule has 0 heterocycles. The molecule has 0 bridgehead atoms. The van der Waals surface area contributed by atoms with Crippen LogP contribution in [0, 0.1) is 0 Å². The van der Waals surface area contributed by atoms with Crippen LogP contribution in [0.15, 0.2) is 24.3 Å². The molecule has 0 aliphatic heterocycles. The number of hydrogen-bond acceptors (Lipinski definition) is 4. The molecule has 114 valence electrons. The molecule has 0 spiro atoms. The van der Waals surface area contributed by atoms with Gasteiger partial charge in [-0.15, -0.1) is 0 Å². The highest BCUT2D eigenvalue weighted by atomic mass is 35.5. The fraction of sp³-hybridized carbons (Fsp3) is 0.533. The minimum Gasteiger partial charge on any atom is -1.00 e. The van der Waals surface area contributed by atoms with Crippen molar-refractivity contribution in [3.05, 3.63) is 29.8 Å². The van der Waals surface area contributed by atoms with Crippen molar-refractivity contribution >= 4 is 5.97 Å². The van der Waals surface area contributed by atoms with Crippen molar-refractivity contribution in [3.8, 4) is 5.75 Å². The average molecular weight is 301 g/mol. The summed E-state index contributed by atoms with van der Waals surface area (Å²) in [5.41, 5.74) is 0.584. The highest BCUT2D eigenvalue weighted by Crippen LogP contribution is 2.14. The maximum absolute atomic E-state index is 11.8. The molecule has 0 radical (unpaired) electrons. The molecule has 5 heteroatoms. The van der Waals surface area contributed by atoms with Gasteiger partial charge >= 0.3 is 5.97 Å². The minimum absolute atomic E-state index is 0. The summed E-state index contributed by atoms with van der Waals surface area (Å²) in [7, 11) is 3.59. The third-order valence-electron chi connectivity index (χ3n) is 3.11. The summed E-state index contributed by atoms with van der Waals surface area (Å²) < 4.78 is 10.3. The smallest absolute Gasteiger partial charge is 0.338 e. The summed E-state index contributed by atoms with van der Waals surface area (Å²) in [6.45, 7) is 7.45. The summed E-state index contributed by atoms with van der Waals surface area (Å²) in [6, 6.07) is 6.97. The second kappa shape index (κ2) is 8.12. The van der Waals surface area contributed by atoms with Gasteiger partial charge in [0.25, 0.3) is 0 Å².